The highest BCUT2D eigenvalue weighted by Crippen LogP contribution is 2.40. The van der Waals surface area contributed by atoms with E-state index in [1.54, 1.807) is 24.3 Å². The Kier molecular flexibility index (Phi) is 4.31. The minimum Gasteiger partial charge on any atom is -0.443 e. The summed E-state index contributed by atoms with van der Waals surface area (Å²) in [5.41, 5.74) is 9.63. The van der Waals surface area contributed by atoms with Gasteiger partial charge in [0.2, 0.25) is 6.10 Å². The molecule has 0 saturated heterocycles. The molecule has 26 heavy (non-hydrogen) atoms. The molecule has 0 fully saturated rings. The minimum atomic E-state index is -1.09. The highest BCUT2D eigenvalue weighted by molar-refractivity contribution is 7.17. The Bertz CT molecular complexity index is 978. The van der Waals surface area contributed by atoms with Gasteiger partial charge in [0, 0.05) is 10.4 Å². The molecule has 0 bridgehead atoms. The third-order valence-corrected chi connectivity index (χ3v) is 5.71. The molecule has 1 unspecified atom stereocenters. The van der Waals surface area contributed by atoms with Gasteiger partial charge < -0.3 is 10.5 Å². The lowest BCUT2D eigenvalue weighted by molar-refractivity contribution is -0.127. The molecule has 4 rings (SSSR count). The Morgan fingerprint density at radius 3 is 2.42 bits per heavy atom. The van der Waals surface area contributed by atoms with Crippen molar-refractivity contribution in [1.29, 1.82) is 0 Å². The van der Waals surface area contributed by atoms with Crippen molar-refractivity contribution >= 4 is 23.2 Å². The first kappa shape index (κ1) is 16.5. The molecular formula is C21H17NO3S. The zero-order chi connectivity index (χ0) is 18.1. The van der Waals surface area contributed by atoms with Gasteiger partial charge in [0.05, 0.1) is 0 Å². The summed E-state index contributed by atoms with van der Waals surface area (Å²) in [5, 5.41) is 0. The predicted octanol–water partition coefficient (Wildman–Crippen LogP) is 3.90. The second-order valence-corrected chi connectivity index (χ2v) is 7.27. The second-order valence-electron chi connectivity index (χ2n) is 6.22. The molecule has 1 aliphatic carbocycles. The normalized spacial score (nSPS) is 13.4. The summed E-state index contributed by atoms with van der Waals surface area (Å²) in [6, 6.07) is 18.9. The topological polar surface area (TPSA) is 69.4 Å². The summed E-state index contributed by atoms with van der Waals surface area (Å²) in [4.78, 5) is 26.0. The highest BCUT2D eigenvalue weighted by Gasteiger charge is 2.26. The fraction of sp³-hybridized carbons (Fsp3) is 0.143. The molecule has 130 valence electrons. The van der Waals surface area contributed by atoms with Crippen molar-refractivity contribution < 1.29 is 14.3 Å². The van der Waals surface area contributed by atoms with E-state index in [0.717, 1.165) is 23.3 Å². The van der Waals surface area contributed by atoms with E-state index in [0.29, 0.717) is 10.4 Å². The number of rotatable bonds is 4. The molecule has 5 heteroatoms. The average Bonchev–Trinajstić information content (AvgIpc) is 3.11. The van der Waals surface area contributed by atoms with Crippen molar-refractivity contribution in [3.05, 3.63) is 82.2 Å². The van der Waals surface area contributed by atoms with Crippen LogP contribution in [-0.2, 0) is 22.4 Å². The van der Waals surface area contributed by atoms with E-state index in [2.05, 4.69) is 12.1 Å². The molecule has 1 amide bonds. The van der Waals surface area contributed by atoms with Gasteiger partial charge in [-0.3, -0.25) is 4.79 Å². The van der Waals surface area contributed by atoms with Crippen LogP contribution in [-0.4, -0.2) is 11.9 Å². The van der Waals surface area contributed by atoms with Crippen LogP contribution >= 0.6 is 11.3 Å². The lowest BCUT2D eigenvalue weighted by Gasteiger charge is -2.15. The molecule has 0 aliphatic heterocycles. The van der Waals surface area contributed by atoms with Gasteiger partial charge in [-0.05, 0) is 35.6 Å². The lowest BCUT2D eigenvalue weighted by Crippen LogP contribution is -2.26. The van der Waals surface area contributed by atoms with Crippen LogP contribution in [0.2, 0.25) is 0 Å². The fourth-order valence-corrected chi connectivity index (χ4v) is 4.41. The molecule has 1 aromatic heterocycles. The van der Waals surface area contributed by atoms with E-state index in [1.165, 1.54) is 22.5 Å². The Balaban J connectivity index is 1.62. The standard InChI is InChI=1S/C21H17NO3S/c22-20(23)18(14-7-2-1-3-8-14)25-21(24)17-12-15-11-10-13-6-4-5-9-16(13)19(15)26-17/h1-9,12,18H,10-11H2,(H2,22,23). The van der Waals surface area contributed by atoms with Crippen molar-refractivity contribution in [3.63, 3.8) is 0 Å². The number of amides is 1. The Morgan fingerprint density at radius 1 is 0.962 bits per heavy atom. The highest BCUT2D eigenvalue weighted by atomic mass is 32.1. The maximum atomic E-state index is 12.6. The van der Waals surface area contributed by atoms with Crippen LogP contribution in [0.1, 0.15) is 32.5 Å². The zero-order valence-corrected chi connectivity index (χ0v) is 14.8. The molecule has 0 spiro atoms. The Labute approximate surface area is 155 Å². The van der Waals surface area contributed by atoms with Gasteiger partial charge in [-0.2, -0.15) is 0 Å². The second kappa shape index (κ2) is 6.77. The molecule has 1 heterocycles. The Morgan fingerprint density at radius 2 is 1.65 bits per heavy atom. The van der Waals surface area contributed by atoms with E-state index in [4.69, 9.17) is 10.5 Å². The maximum absolute atomic E-state index is 12.6. The van der Waals surface area contributed by atoms with Crippen LogP contribution in [0.25, 0.3) is 10.4 Å². The van der Waals surface area contributed by atoms with Crippen LogP contribution in [0, 0.1) is 0 Å². The van der Waals surface area contributed by atoms with Crippen molar-refractivity contribution in [2.24, 2.45) is 5.73 Å². The number of ether oxygens (including phenoxy) is 1. The number of carbonyl (C=O) groups is 2. The molecule has 1 atom stereocenters. The number of fused-ring (bicyclic) bond motifs is 3. The quantitative estimate of drug-likeness (QED) is 0.715. The summed E-state index contributed by atoms with van der Waals surface area (Å²) < 4.78 is 5.45. The van der Waals surface area contributed by atoms with Crippen LogP contribution in [0.5, 0.6) is 0 Å². The molecule has 3 aromatic rings. The largest absolute Gasteiger partial charge is 0.443 e. The number of hydrogen-bond acceptors (Lipinski definition) is 4. The van der Waals surface area contributed by atoms with Gasteiger partial charge in [-0.15, -0.1) is 11.3 Å². The van der Waals surface area contributed by atoms with E-state index in [1.807, 2.05) is 24.3 Å². The molecule has 4 nitrogen and oxygen atoms in total. The number of esters is 1. The number of benzene rings is 2. The summed E-state index contributed by atoms with van der Waals surface area (Å²) in [5.74, 6) is -1.20. The smallest absolute Gasteiger partial charge is 0.349 e. The summed E-state index contributed by atoms with van der Waals surface area (Å²) in [6.07, 6.45) is 0.770. The lowest BCUT2D eigenvalue weighted by atomic mass is 9.91. The first-order valence-electron chi connectivity index (χ1n) is 8.39. The van der Waals surface area contributed by atoms with E-state index < -0.39 is 18.0 Å². The fourth-order valence-electron chi connectivity index (χ4n) is 3.26. The third kappa shape index (κ3) is 3.02. The van der Waals surface area contributed by atoms with Gasteiger partial charge in [-0.1, -0.05) is 54.6 Å². The summed E-state index contributed by atoms with van der Waals surface area (Å²) >= 11 is 1.41. The van der Waals surface area contributed by atoms with E-state index in [-0.39, 0.29) is 0 Å². The van der Waals surface area contributed by atoms with Crippen molar-refractivity contribution in [2.75, 3.05) is 0 Å². The molecular weight excluding hydrogens is 346 g/mol. The van der Waals surface area contributed by atoms with Crippen LogP contribution < -0.4 is 5.73 Å². The first-order chi connectivity index (χ1) is 12.6. The molecule has 2 aromatic carbocycles. The Hall–Kier alpha value is -2.92. The van der Waals surface area contributed by atoms with Crippen LogP contribution in [0.15, 0.2) is 60.7 Å². The van der Waals surface area contributed by atoms with Gasteiger partial charge in [-0.25, -0.2) is 4.79 Å². The van der Waals surface area contributed by atoms with Crippen LogP contribution in [0.4, 0.5) is 0 Å². The zero-order valence-electron chi connectivity index (χ0n) is 14.0. The van der Waals surface area contributed by atoms with Gasteiger partial charge in [0.25, 0.3) is 5.91 Å². The first-order valence-corrected chi connectivity index (χ1v) is 9.21. The molecule has 0 radical (unpaired) electrons. The summed E-state index contributed by atoms with van der Waals surface area (Å²) in [7, 11) is 0. The molecule has 1 aliphatic rings. The predicted molar refractivity (Wildman–Crippen MR) is 101 cm³/mol. The SMILES string of the molecule is NC(=O)C(OC(=O)c1cc2c(s1)-c1ccccc1CC2)c1ccccc1. The van der Waals surface area contributed by atoms with Gasteiger partial charge in [0.1, 0.15) is 4.88 Å². The third-order valence-electron chi connectivity index (χ3n) is 4.52. The van der Waals surface area contributed by atoms with Gasteiger partial charge in [0.15, 0.2) is 0 Å². The number of carbonyl (C=O) groups excluding carboxylic acids is 2. The number of primary amides is 1. The number of aryl methyl sites for hydroxylation is 2. The van der Waals surface area contributed by atoms with Crippen LogP contribution in [0.3, 0.4) is 0 Å². The van der Waals surface area contributed by atoms with Crippen molar-refractivity contribution in [3.8, 4) is 10.4 Å². The number of hydrogen-bond donors (Lipinski definition) is 1. The monoisotopic (exact) mass is 363 g/mol. The van der Waals surface area contributed by atoms with Crippen molar-refractivity contribution in [1.82, 2.24) is 0 Å². The van der Waals surface area contributed by atoms with Crippen molar-refractivity contribution in [2.45, 2.75) is 18.9 Å². The summed E-state index contributed by atoms with van der Waals surface area (Å²) in [6.45, 7) is 0. The molecule has 0 saturated carbocycles. The minimum absolute atomic E-state index is 0.494. The molecule has 2 N–H and O–H groups in total. The number of nitrogens with two attached hydrogens (primary N) is 1. The van der Waals surface area contributed by atoms with E-state index >= 15 is 0 Å². The number of thiophene rings is 1. The van der Waals surface area contributed by atoms with Gasteiger partial charge >= 0.3 is 5.97 Å². The average molecular weight is 363 g/mol. The van der Waals surface area contributed by atoms with E-state index in [9.17, 15) is 9.59 Å². The maximum Gasteiger partial charge on any atom is 0.349 e.